The smallest absolute Gasteiger partial charge is 0.153 e. The Bertz CT molecular complexity index is 1800. The Kier molecular flexibility index (Phi) is 9.53. The summed E-state index contributed by atoms with van der Waals surface area (Å²) in [6.45, 7) is 12.0. The normalized spacial score (nSPS) is 12.1. The molecule has 0 saturated heterocycles. The minimum absolute atomic E-state index is 0.751. The van der Waals surface area contributed by atoms with Crippen LogP contribution in [-0.2, 0) is 0 Å². The predicted octanol–water partition coefficient (Wildman–Crippen LogP) is 13.8. The summed E-state index contributed by atoms with van der Waals surface area (Å²) in [6.07, 6.45) is 0. The van der Waals surface area contributed by atoms with Crippen molar-refractivity contribution in [2.75, 3.05) is 15.1 Å². The molecule has 0 radical (unpaired) electrons. The topological polar surface area (TPSA) is 46.2 Å². The number of benzene rings is 6. The van der Waals surface area contributed by atoms with Gasteiger partial charge in [0.1, 0.15) is 0 Å². The quantitative estimate of drug-likeness (QED) is 0.204. The third-order valence-corrected chi connectivity index (χ3v) is 7.80. The zero-order valence-corrected chi connectivity index (χ0v) is 28.3. The molecule has 6 heteroatoms. The number of nitrogens with one attached hydrogen (secondary N) is 1. The summed E-state index contributed by atoms with van der Waals surface area (Å²) in [6, 6.07) is 44.8. The fraction of sp³-hybridized carbons (Fsp3) is 0.143. The molecule has 6 nitrogen and oxygen atoms in total. The van der Waals surface area contributed by atoms with Crippen LogP contribution in [0.2, 0.25) is 0 Å². The van der Waals surface area contributed by atoms with Gasteiger partial charge in [-0.1, -0.05) is 90.1 Å². The molecule has 0 aliphatic carbocycles. The molecule has 48 heavy (non-hydrogen) atoms. The summed E-state index contributed by atoms with van der Waals surface area (Å²) in [7, 11) is 0. The van der Waals surface area contributed by atoms with Crippen molar-refractivity contribution in [2.45, 2.75) is 41.5 Å². The van der Waals surface area contributed by atoms with Gasteiger partial charge in [-0.2, -0.15) is 0 Å². The van der Waals surface area contributed by atoms with Gasteiger partial charge in [-0.05, 0) is 72.8 Å². The molecule has 9 rings (SSSR count). The summed E-state index contributed by atoms with van der Waals surface area (Å²) < 4.78 is 19.0. The van der Waals surface area contributed by atoms with E-state index in [2.05, 4.69) is 75.8 Å². The number of nitrogens with zero attached hydrogens (tertiary/aromatic N) is 2. The maximum absolute atomic E-state index is 6.61. The van der Waals surface area contributed by atoms with Crippen molar-refractivity contribution in [1.82, 2.24) is 0 Å². The highest BCUT2D eigenvalue weighted by molar-refractivity contribution is 5.90. The van der Waals surface area contributed by atoms with Crippen molar-refractivity contribution in [1.29, 1.82) is 0 Å². The summed E-state index contributed by atoms with van der Waals surface area (Å²) in [5.74, 6) is 4.76. The largest absolute Gasteiger partial charge is 0.453 e. The van der Waals surface area contributed by atoms with Crippen LogP contribution < -0.4 is 29.3 Å². The zero-order chi connectivity index (χ0) is 33.6. The number of ether oxygens (including phenoxy) is 3. The summed E-state index contributed by atoms with van der Waals surface area (Å²) in [5.41, 5.74) is 7.70. The molecule has 0 amide bonds. The molecule has 1 N–H and O–H groups in total. The van der Waals surface area contributed by atoms with Crippen LogP contribution in [-0.4, -0.2) is 0 Å². The average molecular weight is 636 g/mol. The molecular formula is C42H41N3O3. The van der Waals surface area contributed by atoms with Gasteiger partial charge in [0.2, 0.25) is 0 Å². The number of hydrogen-bond donors (Lipinski definition) is 1. The molecule has 0 atom stereocenters. The third-order valence-electron chi connectivity index (χ3n) is 7.80. The molecule has 0 saturated carbocycles. The van der Waals surface area contributed by atoms with Crippen LogP contribution in [0.4, 0.5) is 45.5 Å². The number of hydrogen-bond acceptors (Lipinski definition) is 6. The van der Waals surface area contributed by atoms with Crippen molar-refractivity contribution in [2.24, 2.45) is 0 Å². The molecule has 6 aromatic rings. The van der Waals surface area contributed by atoms with Crippen LogP contribution in [0, 0.1) is 0 Å². The van der Waals surface area contributed by atoms with Gasteiger partial charge in [0.25, 0.3) is 0 Å². The number of anilines is 8. The van der Waals surface area contributed by atoms with Crippen molar-refractivity contribution in [3.8, 4) is 34.5 Å². The molecule has 3 aliphatic rings. The van der Waals surface area contributed by atoms with Crippen LogP contribution in [0.3, 0.4) is 0 Å². The van der Waals surface area contributed by atoms with E-state index in [1.807, 2.05) is 114 Å². The van der Waals surface area contributed by atoms with E-state index in [1.54, 1.807) is 0 Å². The summed E-state index contributed by atoms with van der Waals surface area (Å²) in [4.78, 5) is 4.43. The van der Waals surface area contributed by atoms with Crippen LogP contribution >= 0.6 is 0 Å². The Labute approximate surface area is 283 Å². The first-order valence-electron chi connectivity index (χ1n) is 16.9. The Balaban J connectivity index is 0.000000636. The second-order valence-electron chi connectivity index (χ2n) is 10.3. The van der Waals surface area contributed by atoms with Gasteiger partial charge < -0.3 is 29.3 Å². The lowest BCUT2D eigenvalue weighted by molar-refractivity contribution is 0.475. The maximum Gasteiger partial charge on any atom is 0.153 e. The van der Waals surface area contributed by atoms with Gasteiger partial charge in [-0.3, -0.25) is 0 Å². The molecule has 3 aliphatic heterocycles. The van der Waals surface area contributed by atoms with Gasteiger partial charge in [-0.15, -0.1) is 0 Å². The van der Waals surface area contributed by atoms with E-state index < -0.39 is 0 Å². The third kappa shape index (κ3) is 5.66. The Morgan fingerprint density at radius 1 is 0.354 bits per heavy atom. The molecule has 0 unspecified atom stereocenters. The summed E-state index contributed by atoms with van der Waals surface area (Å²) >= 11 is 0. The molecule has 0 fully saturated rings. The minimum Gasteiger partial charge on any atom is -0.453 e. The molecule has 0 bridgehead atoms. The molecule has 0 aromatic heterocycles. The van der Waals surface area contributed by atoms with Crippen LogP contribution in [0.1, 0.15) is 41.5 Å². The SMILES string of the molecule is CC.CC.CC.c1ccc2c(c1)Oc1ccccc1N2c1ccc2c(c1)Oc1cc(N3c4ccccc4Oc4ccccc43)ccc1N2. The van der Waals surface area contributed by atoms with Crippen molar-refractivity contribution in [3.05, 3.63) is 133 Å². The fourth-order valence-electron chi connectivity index (χ4n) is 5.90. The monoisotopic (exact) mass is 635 g/mol. The van der Waals surface area contributed by atoms with E-state index in [0.717, 1.165) is 80.0 Å². The highest BCUT2D eigenvalue weighted by Crippen LogP contribution is 2.54. The van der Waals surface area contributed by atoms with Crippen molar-refractivity contribution in [3.63, 3.8) is 0 Å². The predicted molar refractivity (Wildman–Crippen MR) is 200 cm³/mol. The standard InChI is InChI=1S/C36H23N3O3.3C2H6/c1-5-13-31-27(9-1)38(28-10-2-6-14-32(28)40-31)23-17-19-25-35(21-23)42-36-22-24(18-20-26(36)37-25)39-29-11-3-7-15-33(29)41-34-16-8-4-12-30(34)39;3*1-2/h1-22,37H;3*1-2H3. The lowest BCUT2D eigenvalue weighted by Crippen LogP contribution is -2.16. The number of para-hydroxylation sites is 8. The second-order valence-corrected chi connectivity index (χ2v) is 10.3. The van der Waals surface area contributed by atoms with Gasteiger partial charge in [-0.25, -0.2) is 0 Å². The van der Waals surface area contributed by atoms with Crippen molar-refractivity contribution >= 4 is 45.5 Å². The number of fused-ring (bicyclic) bond motifs is 6. The summed E-state index contributed by atoms with van der Waals surface area (Å²) in [5, 5.41) is 3.57. The molecule has 3 heterocycles. The van der Waals surface area contributed by atoms with E-state index in [4.69, 9.17) is 14.2 Å². The van der Waals surface area contributed by atoms with Crippen molar-refractivity contribution < 1.29 is 14.2 Å². The van der Waals surface area contributed by atoms with E-state index in [1.165, 1.54) is 0 Å². The highest BCUT2D eigenvalue weighted by atomic mass is 16.5. The maximum atomic E-state index is 6.61. The first-order valence-corrected chi connectivity index (χ1v) is 16.9. The lowest BCUT2D eigenvalue weighted by Gasteiger charge is -2.34. The first-order chi connectivity index (χ1) is 23.8. The van der Waals surface area contributed by atoms with Crippen LogP contribution in [0.25, 0.3) is 0 Å². The molecule has 0 spiro atoms. The van der Waals surface area contributed by atoms with E-state index in [0.29, 0.717) is 0 Å². The van der Waals surface area contributed by atoms with Gasteiger partial charge in [0.15, 0.2) is 34.5 Å². The fourth-order valence-corrected chi connectivity index (χ4v) is 5.90. The van der Waals surface area contributed by atoms with Crippen LogP contribution in [0.5, 0.6) is 34.5 Å². The Hall–Kier alpha value is -5.88. The van der Waals surface area contributed by atoms with Gasteiger partial charge in [0.05, 0.1) is 45.5 Å². The Morgan fingerprint density at radius 2 is 0.646 bits per heavy atom. The lowest BCUT2D eigenvalue weighted by atomic mass is 10.1. The van der Waals surface area contributed by atoms with E-state index in [9.17, 15) is 0 Å². The second kappa shape index (κ2) is 14.3. The molecule has 6 aromatic carbocycles. The van der Waals surface area contributed by atoms with E-state index >= 15 is 0 Å². The average Bonchev–Trinajstić information content (AvgIpc) is 3.17. The zero-order valence-electron chi connectivity index (χ0n) is 28.3. The van der Waals surface area contributed by atoms with Gasteiger partial charge in [0, 0.05) is 12.1 Å². The molecule has 242 valence electrons. The first kappa shape index (κ1) is 32.1. The Morgan fingerprint density at radius 3 is 0.979 bits per heavy atom. The number of rotatable bonds is 2. The molecular weight excluding hydrogens is 594 g/mol. The van der Waals surface area contributed by atoms with Crippen LogP contribution in [0.15, 0.2) is 133 Å². The highest BCUT2D eigenvalue weighted by Gasteiger charge is 2.29. The van der Waals surface area contributed by atoms with Gasteiger partial charge >= 0.3 is 0 Å². The van der Waals surface area contributed by atoms with E-state index in [-0.39, 0.29) is 0 Å². The minimum atomic E-state index is 0.751.